The van der Waals surface area contributed by atoms with Crippen LogP contribution in [0.2, 0.25) is 0 Å². The number of hydrogen-bond acceptors (Lipinski definition) is 4. The van der Waals surface area contributed by atoms with E-state index in [9.17, 15) is 26.7 Å². The van der Waals surface area contributed by atoms with Gasteiger partial charge in [0.2, 0.25) is 0 Å². The quantitative estimate of drug-likeness (QED) is 0.260. The number of aromatic nitrogens is 5. The largest absolute Gasteiger partial charge is 0.416 e. The second-order valence-corrected chi connectivity index (χ2v) is 8.88. The second kappa shape index (κ2) is 9.16. The summed E-state index contributed by atoms with van der Waals surface area (Å²) in [7, 11) is 0. The lowest BCUT2D eigenvalue weighted by atomic mass is 9.95. The van der Waals surface area contributed by atoms with Crippen molar-refractivity contribution >= 4 is 5.65 Å². The molecule has 4 heterocycles. The predicted molar refractivity (Wildman–Crippen MR) is 131 cm³/mol. The van der Waals surface area contributed by atoms with Crippen LogP contribution in [0.25, 0.3) is 27.9 Å². The molecule has 0 unspecified atom stereocenters. The Labute approximate surface area is 213 Å². The third kappa shape index (κ3) is 4.67. The zero-order chi connectivity index (χ0) is 27.2. The third-order valence-electron chi connectivity index (χ3n) is 6.21. The number of halogens is 5. The molecule has 4 aromatic heterocycles. The first-order valence-electron chi connectivity index (χ1n) is 11.5. The van der Waals surface area contributed by atoms with Gasteiger partial charge in [-0.15, -0.1) is 5.10 Å². The van der Waals surface area contributed by atoms with E-state index in [0.29, 0.717) is 33.5 Å². The van der Waals surface area contributed by atoms with Gasteiger partial charge in [0.15, 0.2) is 5.65 Å². The molecule has 0 aliphatic carbocycles. The average Bonchev–Trinajstić information content (AvgIpc) is 3.19. The van der Waals surface area contributed by atoms with Crippen LogP contribution in [-0.2, 0) is 18.6 Å². The van der Waals surface area contributed by atoms with Crippen LogP contribution in [-0.4, -0.2) is 24.1 Å². The van der Waals surface area contributed by atoms with Crippen molar-refractivity contribution in [2.24, 2.45) is 0 Å². The Balaban J connectivity index is 1.65. The summed E-state index contributed by atoms with van der Waals surface area (Å²) in [5.41, 5.74) is 1.80. The maximum absolute atomic E-state index is 13.7. The van der Waals surface area contributed by atoms with Gasteiger partial charge in [0.1, 0.15) is 5.69 Å². The van der Waals surface area contributed by atoms with Crippen molar-refractivity contribution in [3.05, 3.63) is 106 Å². The number of pyridine rings is 3. The molecule has 0 aliphatic heterocycles. The number of rotatable bonds is 5. The molecule has 0 amide bonds. The van der Waals surface area contributed by atoms with Gasteiger partial charge >= 0.3 is 11.9 Å². The molecule has 0 saturated heterocycles. The van der Waals surface area contributed by atoms with Crippen LogP contribution in [0.5, 0.6) is 0 Å². The summed E-state index contributed by atoms with van der Waals surface area (Å²) in [6, 6.07) is 12.5. The predicted octanol–water partition coefficient (Wildman–Crippen LogP) is 6.11. The van der Waals surface area contributed by atoms with E-state index in [-0.39, 0.29) is 17.9 Å². The second-order valence-electron chi connectivity index (χ2n) is 8.88. The normalized spacial score (nSPS) is 12.3. The lowest BCUT2D eigenvalue weighted by Crippen LogP contribution is -2.22. The molecular weight excluding hydrogens is 505 g/mol. The van der Waals surface area contributed by atoms with E-state index < -0.39 is 23.4 Å². The van der Waals surface area contributed by atoms with Crippen molar-refractivity contribution in [1.29, 1.82) is 0 Å². The standard InChI is InChI=1S/C27H20F5N5O/c1-16-19(5-8-22(34-16)26(2,28)29)15-37-25(38)36-14-11-21(17-3-6-20(7-4-17)27(30,31)32)23(24(36)35-37)18-9-12-33-13-10-18/h3-14H,15H2,1-2H3. The van der Waals surface area contributed by atoms with E-state index in [1.807, 2.05) is 0 Å². The van der Waals surface area contributed by atoms with Crippen LogP contribution < -0.4 is 5.69 Å². The molecule has 0 bridgehead atoms. The fourth-order valence-corrected chi connectivity index (χ4v) is 4.23. The zero-order valence-corrected chi connectivity index (χ0v) is 20.2. The molecule has 0 saturated carbocycles. The smallest absolute Gasteiger partial charge is 0.265 e. The van der Waals surface area contributed by atoms with Crippen LogP contribution in [0.4, 0.5) is 22.0 Å². The lowest BCUT2D eigenvalue weighted by molar-refractivity contribution is -0.137. The monoisotopic (exact) mass is 525 g/mol. The first kappa shape index (κ1) is 25.2. The van der Waals surface area contributed by atoms with Gasteiger partial charge < -0.3 is 0 Å². The molecule has 0 radical (unpaired) electrons. The van der Waals surface area contributed by atoms with Crippen molar-refractivity contribution in [1.82, 2.24) is 24.1 Å². The zero-order valence-electron chi connectivity index (χ0n) is 20.2. The maximum atomic E-state index is 13.7. The highest BCUT2D eigenvalue weighted by Crippen LogP contribution is 2.36. The van der Waals surface area contributed by atoms with Gasteiger partial charge in [0.05, 0.1) is 12.1 Å². The van der Waals surface area contributed by atoms with Gasteiger partial charge in [0, 0.05) is 36.8 Å². The Morgan fingerprint density at radius 3 is 2.16 bits per heavy atom. The van der Waals surface area contributed by atoms with E-state index in [1.54, 1.807) is 37.5 Å². The topological polar surface area (TPSA) is 65.1 Å². The van der Waals surface area contributed by atoms with Crippen molar-refractivity contribution in [2.75, 3.05) is 0 Å². The molecule has 0 N–H and O–H groups in total. The average molecular weight is 525 g/mol. The molecule has 0 atom stereocenters. The highest BCUT2D eigenvalue weighted by atomic mass is 19.4. The van der Waals surface area contributed by atoms with E-state index >= 15 is 0 Å². The van der Waals surface area contributed by atoms with Crippen molar-refractivity contribution in [3.63, 3.8) is 0 Å². The van der Waals surface area contributed by atoms with Crippen molar-refractivity contribution in [3.8, 4) is 22.3 Å². The number of hydrogen-bond donors (Lipinski definition) is 0. The highest BCUT2D eigenvalue weighted by molar-refractivity contribution is 5.91. The molecule has 11 heteroatoms. The first-order chi connectivity index (χ1) is 17.9. The summed E-state index contributed by atoms with van der Waals surface area (Å²) in [4.78, 5) is 21.2. The summed E-state index contributed by atoms with van der Waals surface area (Å²) >= 11 is 0. The maximum Gasteiger partial charge on any atom is 0.416 e. The minimum Gasteiger partial charge on any atom is -0.265 e. The molecule has 5 rings (SSSR count). The highest BCUT2D eigenvalue weighted by Gasteiger charge is 2.30. The molecule has 5 aromatic rings. The fraction of sp³-hybridized carbons (Fsp3) is 0.185. The Morgan fingerprint density at radius 2 is 1.55 bits per heavy atom. The van der Waals surface area contributed by atoms with Crippen molar-refractivity contribution < 1.29 is 22.0 Å². The van der Waals surface area contributed by atoms with Gasteiger partial charge in [-0.2, -0.15) is 22.0 Å². The Morgan fingerprint density at radius 1 is 0.868 bits per heavy atom. The summed E-state index contributed by atoms with van der Waals surface area (Å²) < 4.78 is 69.2. The summed E-state index contributed by atoms with van der Waals surface area (Å²) in [6.45, 7) is 2.33. The fourth-order valence-electron chi connectivity index (χ4n) is 4.23. The van der Waals surface area contributed by atoms with Gasteiger partial charge in [-0.25, -0.2) is 13.9 Å². The Bertz CT molecular complexity index is 1680. The summed E-state index contributed by atoms with van der Waals surface area (Å²) in [6.07, 6.45) is 0.153. The SMILES string of the molecule is Cc1nc(C(C)(F)F)ccc1Cn1nc2c(-c3ccncc3)c(-c3ccc(C(F)(F)F)cc3)ccn2c1=O. The Hall–Kier alpha value is -4.41. The number of benzene rings is 1. The summed E-state index contributed by atoms with van der Waals surface area (Å²) in [5.74, 6) is -3.10. The van der Waals surface area contributed by atoms with Gasteiger partial charge in [-0.1, -0.05) is 18.2 Å². The minimum atomic E-state index is -4.47. The van der Waals surface area contributed by atoms with E-state index in [1.165, 1.54) is 39.5 Å². The van der Waals surface area contributed by atoms with E-state index in [2.05, 4.69) is 15.1 Å². The lowest BCUT2D eigenvalue weighted by Gasteiger charge is -2.12. The van der Waals surface area contributed by atoms with Crippen LogP contribution >= 0.6 is 0 Å². The minimum absolute atomic E-state index is 0.0136. The number of nitrogens with zero attached hydrogens (tertiary/aromatic N) is 5. The number of aryl methyl sites for hydroxylation is 1. The van der Waals surface area contributed by atoms with Gasteiger partial charge in [0.25, 0.3) is 5.92 Å². The molecule has 38 heavy (non-hydrogen) atoms. The van der Waals surface area contributed by atoms with Crippen LogP contribution in [0.15, 0.2) is 78.0 Å². The molecule has 0 spiro atoms. The third-order valence-corrected chi connectivity index (χ3v) is 6.21. The molecule has 1 aromatic carbocycles. The summed E-state index contributed by atoms with van der Waals surface area (Å²) in [5, 5.41) is 4.53. The first-order valence-corrected chi connectivity index (χ1v) is 11.5. The van der Waals surface area contributed by atoms with Gasteiger partial charge in [-0.3, -0.25) is 9.97 Å². The Kier molecular flexibility index (Phi) is 6.09. The molecular formula is C27H20F5N5O. The van der Waals surface area contributed by atoms with E-state index in [0.717, 1.165) is 19.1 Å². The molecule has 194 valence electrons. The van der Waals surface area contributed by atoms with Crippen LogP contribution in [0.3, 0.4) is 0 Å². The van der Waals surface area contributed by atoms with E-state index in [4.69, 9.17) is 0 Å². The van der Waals surface area contributed by atoms with Gasteiger partial charge in [-0.05, 0) is 65.6 Å². The number of fused-ring (bicyclic) bond motifs is 1. The molecule has 0 aliphatic rings. The molecule has 0 fully saturated rings. The van der Waals surface area contributed by atoms with Crippen LogP contribution in [0, 0.1) is 6.92 Å². The van der Waals surface area contributed by atoms with Crippen LogP contribution in [0.1, 0.15) is 29.4 Å². The van der Waals surface area contributed by atoms with Crippen molar-refractivity contribution in [2.45, 2.75) is 32.5 Å². The number of alkyl halides is 5. The molecule has 6 nitrogen and oxygen atoms in total.